The number of hydrogen-bond acceptors (Lipinski definition) is 3. The second-order valence-corrected chi connectivity index (χ2v) is 3.89. The molecule has 0 unspecified atom stereocenters. The van der Waals surface area contributed by atoms with Gasteiger partial charge < -0.3 is 16.0 Å². The summed E-state index contributed by atoms with van der Waals surface area (Å²) < 4.78 is 0. The minimum absolute atomic E-state index is 0.231. The molecule has 0 aromatic heterocycles. The Morgan fingerprint density at radius 1 is 1.15 bits per heavy atom. The number of hydrogen-bond donors (Lipinski definition) is 3. The summed E-state index contributed by atoms with van der Waals surface area (Å²) >= 11 is 0. The van der Waals surface area contributed by atoms with Gasteiger partial charge in [-0.25, -0.2) is 0 Å². The van der Waals surface area contributed by atoms with Crippen molar-refractivity contribution < 1.29 is 4.79 Å². The van der Waals surface area contributed by atoms with Crippen LogP contribution in [0.15, 0.2) is 0 Å². The molecular weight excluding hydrogens is 166 g/mol. The smallest absolute Gasteiger partial charge is 0.225 e. The standard InChI is InChI=1S/C9H17N3O/c13-9(7-5-11-6-7)12-8-1-3-10-4-2-8/h7-8,10-11H,1-6H2,(H,12,13). The number of rotatable bonds is 2. The Morgan fingerprint density at radius 2 is 1.85 bits per heavy atom. The first-order valence-corrected chi connectivity index (χ1v) is 5.08. The predicted molar refractivity (Wildman–Crippen MR) is 50.4 cm³/mol. The molecule has 0 bridgehead atoms. The molecule has 2 heterocycles. The van der Waals surface area contributed by atoms with E-state index in [1.165, 1.54) is 0 Å². The summed E-state index contributed by atoms with van der Waals surface area (Å²) in [6.07, 6.45) is 2.15. The SMILES string of the molecule is O=C(NC1CCNCC1)C1CNC1. The summed E-state index contributed by atoms with van der Waals surface area (Å²) in [5.74, 6) is 0.473. The molecule has 3 N–H and O–H groups in total. The maximum absolute atomic E-state index is 11.5. The highest BCUT2D eigenvalue weighted by Crippen LogP contribution is 2.06. The minimum atomic E-state index is 0.231. The van der Waals surface area contributed by atoms with Gasteiger partial charge in [-0.15, -0.1) is 0 Å². The first-order valence-electron chi connectivity index (χ1n) is 5.08. The van der Waals surface area contributed by atoms with Gasteiger partial charge >= 0.3 is 0 Å². The van der Waals surface area contributed by atoms with Crippen LogP contribution >= 0.6 is 0 Å². The number of amides is 1. The van der Waals surface area contributed by atoms with E-state index in [1.807, 2.05) is 0 Å². The van der Waals surface area contributed by atoms with E-state index in [4.69, 9.17) is 0 Å². The van der Waals surface area contributed by atoms with Gasteiger partial charge in [0.2, 0.25) is 5.91 Å². The Balaban J connectivity index is 1.72. The van der Waals surface area contributed by atoms with Crippen LogP contribution in [-0.2, 0) is 4.79 Å². The molecular formula is C9H17N3O. The molecule has 74 valence electrons. The van der Waals surface area contributed by atoms with Gasteiger partial charge in [0.1, 0.15) is 0 Å². The van der Waals surface area contributed by atoms with Crippen LogP contribution in [0.1, 0.15) is 12.8 Å². The Labute approximate surface area is 78.5 Å². The lowest BCUT2D eigenvalue weighted by Crippen LogP contribution is -2.54. The molecule has 2 aliphatic rings. The maximum atomic E-state index is 11.5. The van der Waals surface area contributed by atoms with Gasteiger partial charge in [-0.2, -0.15) is 0 Å². The van der Waals surface area contributed by atoms with Gasteiger partial charge in [-0.3, -0.25) is 4.79 Å². The van der Waals surface area contributed by atoms with Crippen LogP contribution < -0.4 is 16.0 Å². The molecule has 2 rings (SSSR count). The predicted octanol–water partition coefficient (Wildman–Crippen LogP) is -0.926. The van der Waals surface area contributed by atoms with E-state index in [0.717, 1.165) is 39.0 Å². The van der Waals surface area contributed by atoms with Gasteiger partial charge in [-0.05, 0) is 25.9 Å². The minimum Gasteiger partial charge on any atom is -0.353 e. The highest BCUT2D eigenvalue weighted by Gasteiger charge is 2.26. The molecule has 0 aromatic rings. The Kier molecular flexibility index (Phi) is 2.80. The second-order valence-electron chi connectivity index (χ2n) is 3.89. The van der Waals surface area contributed by atoms with Crippen molar-refractivity contribution >= 4 is 5.91 Å². The quantitative estimate of drug-likeness (QED) is 0.518. The Bertz CT molecular complexity index is 185. The van der Waals surface area contributed by atoms with Crippen molar-refractivity contribution in [2.75, 3.05) is 26.2 Å². The van der Waals surface area contributed by atoms with E-state index in [9.17, 15) is 4.79 Å². The topological polar surface area (TPSA) is 53.2 Å². The van der Waals surface area contributed by atoms with E-state index in [0.29, 0.717) is 6.04 Å². The lowest BCUT2D eigenvalue weighted by Gasteiger charge is -2.30. The average molecular weight is 183 g/mol. The van der Waals surface area contributed by atoms with E-state index < -0.39 is 0 Å². The summed E-state index contributed by atoms with van der Waals surface area (Å²) in [6, 6.07) is 0.411. The summed E-state index contributed by atoms with van der Waals surface area (Å²) in [5.41, 5.74) is 0. The van der Waals surface area contributed by atoms with Crippen LogP contribution in [0, 0.1) is 5.92 Å². The van der Waals surface area contributed by atoms with E-state index in [2.05, 4.69) is 16.0 Å². The third-order valence-electron chi connectivity index (χ3n) is 2.84. The maximum Gasteiger partial charge on any atom is 0.225 e. The summed E-state index contributed by atoms with van der Waals surface area (Å²) in [4.78, 5) is 11.5. The Hall–Kier alpha value is -0.610. The second kappa shape index (κ2) is 4.07. The van der Waals surface area contributed by atoms with Crippen molar-refractivity contribution in [2.45, 2.75) is 18.9 Å². The fourth-order valence-corrected chi connectivity index (χ4v) is 1.76. The van der Waals surface area contributed by atoms with E-state index >= 15 is 0 Å². The molecule has 1 amide bonds. The number of carbonyl (C=O) groups is 1. The van der Waals surface area contributed by atoms with E-state index in [1.54, 1.807) is 0 Å². The number of carbonyl (C=O) groups excluding carboxylic acids is 1. The lowest BCUT2D eigenvalue weighted by molar-refractivity contribution is -0.127. The molecule has 0 spiro atoms. The monoisotopic (exact) mass is 183 g/mol. The van der Waals surface area contributed by atoms with Gasteiger partial charge in [0.15, 0.2) is 0 Å². The van der Waals surface area contributed by atoms with Gasteiger partial charge in [0.05, 0.1) is 5.92 Å². The van der Waals surface area contributed by atoms with Crippen LogP contribution in [0.5, 0.6) is 0 Å². The molecule has 2 aliphatic heterocycles. The van der Waals surface area contributed by atoms with E-state index in [-0.39, 0.29) is 11.8 Å². The van der Waals surface area contributed by atoms with Crippen LogP contribution in [-0.4, -0.2) is 38.1 Å². The molecule has 4 heteroatoms. The molecule has 0 aliphatic carbocycles. The highest BCUT2D eigenvalue weighted by atomic mass is 16.2. The summed E-state index contributed by atoms with van der Waals surface area (Å²) in [7, 11) is 0. The highest BCUT2D eigenvalue weighted by molar-refractivity contribution is 5.80. The molecule has 0 atom stereocenters. The average Bonchev–Trinajstić information content (AvgIpc) is 2.02. The van der Waals surface area contributed by atoms with Gasteiger partial charge in [0.25, 0.3) is 0 Å². The molecule has 0 saturated carbocycles. The summed E-state index contributed by atoms with van der Waals surface area (Å²) in [5, 5.41) is 9.49. The largest absolute Gasteiger partial charge is 0.353 e. The Morgan fingerprint density at radius 3 is 2.38 bits per heavy atom. The van der Waals surface area contributed by atoms with Crippen molar-refractivity contribution in [1.82, 2.24) is 16.0 Å². The summed E-state index contributed by atoms with van der Waals surface area (Å²) in [6.45, 7) is 3.79. The fourth-order valence-electron chi connectivity index (χ4n) is 1.76. The van der Waals surface area contributed by atoms with Crippen LogP contribution in [0.4, 0.5) is 0 Å². The lowest BCUT2D eigenvalue weighted by atomic mass is 10.0. The van der Waals surface area contributed by atoms with Gasteiger partial charge in [0, 0.05) is 19.1 Å². The van der Waals surface area contributed by atoms with Crippen LogP contribution in [0.25, 0.3) is 0 Å². The zero-order valence-corrected chi connectivity index (χ0v) is 7.81. The molecule has 13 heavy (non-hydrogen) atoms. The third-order valence-corrected chi connectivity index (χ3v) is 2.84. The van der Waals surface area contributed by atoms with Crippen molar-refractivity contribution in [3.05, 3.63) is 0 Å². The zero-order chi connectivity index (χ0) is 9.10. The molecule has 4 nitrogen and oxygen atoms in total. The fraction of sp³-hybridized carbons (Fsp3) is 0.889. The first-order chi connectivity index (χ1) is 6.36. The molecule has 0 radical (unpaired) electrons. The van der Waals surface area contributed by atoms with Crippen molar-refractivity contribution in [3.63, 3.8) is 0 Å². The third kappa shape index (κ3) is 2.19. The number of piperidine rings is 1. The van der Waals surface area contributed by atoms with Crippen molar-refractivity contribution in [3.8, 4) is 0 Å². The molecule has 0 aromatic carbocycles. The number of nitrogens with one attached hydrogen (secondary N) is 3. The first kappa shape index (κ1) is 8.97. The molecule has 2 saturated heterocycles. The van der Waals surface area contributed by atoms with Gasteiger partial charge in [-0.1, -0.05) is 0 Å². The van der Waals surface area contributed by atoms with Crippen molar-refractivity contribution in [2.24, 2.45) is 5.92 Å². The molecule has 2 fully saturated rings. The van der Waals surface area contributed by atoms with Crippen LogP contribution in [0.2, 0.25) is 0 Å². The van der Waals surface area contributed by atoms with Crippen LogP contribution in [0.3, 0.4) is 0 Å². The van der Waals surface area contributed by atoms with Crippen molar-refractivity contribution in [1.29, 1.82) is 0 Å². The zero-order valence-electron chi connectivity index (χ0n) is 7.81. The normalized spacial score (nSPS) is 25.2.